The molecule has 4 aromatic rings. The number of hydrogen-bond acceptors (Lipinski definition) is 4. The highest BCUT2D eigenvalue weighted by atomic mass is 32.1. The predicted octanol–water partition coefficient (Wildman–Crippen LogP) is 4.70. The minimum Gasteiger partial charge on any atom is -0.507 e. The normalized spacial score (nSPS) is 11.0. The molecule has 2 heterocycles. The molecule has 4 rings (SSSR count). The number of aromatic nitrogens is 2. The highest BCUT2D eigenvalue weighted by Gasteiger charge is 2.20. The summed E-state index contributed by atoms with van der Waals surface area (Å²) < 4.78 is 1.70. The van der Waals surface area contributed by atoms with Crippen LogP contribution in [0, 0.1) is 13.8 Å². The van der Waals surface area contributed by atoms with Gasteiger partial charge in [-0.05, 0) is 48.9 Å². The van der Waals surface area contributed by atoms with Crippen LogP contribution in [-0.4, -0.2) is 14.7 Å². The molecule has 4 nitrogen and oxygen atoms in total. The van der Waals surface area contributed by atoms with Crippen molar-refractivity contribution < 1.29 is 5.11 Å². The second kappa shape index (κ2) is 8.55. The lowest BCUT2D eigenvalue weighted by Gasteiger charge is -2.17. The lowest BCUT2D eigenvalue weighted by molar-refractivity contribution is 0.480. The zero-order valence-electron chi connectivity index (χ0n) is 16.9. The molecule has 0 aliphatic heterocycles. The van der Waals surface area contributed by atoms with Crippen molar-refractivity contribution in [3.63, 3.8) is 0 Å². The van der Waals surface area contributed by atoms with E-state index < -0.39 is 0 Å². The van der Waals surface area contributed by atoms with Gasteiger partial charge in [0.1, 0.15) is 11.6 Å². The van der Waals surface area contributed by atoms with E-state index in [1.165, 1.54) is 0 Å². The smallest absolute Gasteiger partial charge is 0.262 e. The summed E-state index contributed by atoms with van der Waals surface area (Å²) in [4.78, 5) is 19.4. The van der Waals surface area contributed by atoms with Crippen molar-refractivity contribution in [1.82, 2.24) is 9.55 Å². The number of rotatable bonds is 5. The van der Waals surface area contributed by atoms with Crippen molar-refractivity contribution in [3.8, 4) is 27.6 Å². The van der Waals surface area contributed by atoms with E-state index in [-0.39, 0.29) is 11.3 Å². The van der Waals surface area contributed by atoms with Gasteiger partial charge in [0.2, 0.25) is 0 Å². The minimum atomic E-state index is -0.0798. The third kappa shape index (κ3) is 3.96. The average molecular weight is 435 g/mol. The molecule has 2 aromatic carbocycles. The standard InChI is InChI=1S/C24H23N2O2PS/c1-15-13-20(30-14-15)21-16(2)25-23(18-9-6-10-19(29)22(18)27)26(24(21)28)12-11-17-7-4-3-5-8-17/h3-10,13-14,27H,11-12,29H2,1-2H3. The molecule has 1 unspecified atom stereocenters. The van der Waals surface area contributed by atoms with Gasteiger partial charge in [0.15, 0.2) is 0 Å². The highest BCUT2D eigenvalue weighted by molar-refractivity contribution is 7.27. The van der Waals surface area contributed by atoms with Crippen molar-refractivity contribution in [2.45, 2.75) is 26.8 Å². The summed E-state index contributed by atoms with van der Waals surface area (Å²) in [5.74, 6) is 0.620. The molecule has 6 heteroatoms. The zero-order valence-corrected chi connectivity index (χ0v) is 18.9. The maximum Gasteiger partial charge on any atom is 0.262 e. The first-order valence-corrected chi connectivity index (χ1v) is 11.2. The Kier molecular flexibility index (Phi) is 5.85. The van der Waals surface area contributed by atoms with E-state index in [0.29, 0.717) is 40.9 Å². The molecular weight excluding hydrogens is 411 g/mol. The van der Waals surface area contributed by atoms with Crippen LogP contribution in [0.25, 0.3) is 21.8 Å². The van der Waals surface area contributed by atoms with Crippen molar-refractivity contribution in [2.75, 3.05) is 0 Å². The van der Waals surface area contributed by atoms with Crippen LogP contribution in [0.5, 0.6) is 5.75 Å². The summed E-state index contributed by atoms with van der Waals surface area (Å²) in [5, 5.41) is 13.4. The molecule has 1 N–H and O–H groups in total. The van der Waals surface area contributed by atoms with Gasteiger partial charge in [0, 0.05) is 16.7 Å². The maximum atomic E-state index is 13.7. The Balaban J connectivity index is 1.90. The Morgan fingerprint density at radius 2 is 1.87 bits per heavy atom. The molecule has 1 atom stereocenters. The SMILES string of the molecule is Cc1csc(-c2c(C)nc(-c3cccc(P)c3O)n(CCc3ccccc3)c2=O)c1. The molecule has 0 spiro atoms. The number of aromatic hydroxyl groups is 1. The van der Waals surface area contributed by atoms with E-state index in [2.05, 4.69) is 21.4 Å². The topological polar surface area (TPSA) is 55.1 Å². The molecule has 0 saturated carbocycles. The summed E-state index contributed by atoms with van der Waals surface area (Å²) in [7, 11) is 2.52. The predicted molar refractivity (Wildman–Crippen MR) is 128 cm³/mol. The number of para-hydroxylation sites is 1. The van der Waals surface area contributed by atoms with E-state index in [4.69, 9.17) is 4.98 Å². The molecule has 0 bridgehead atoms. The van der Waals surface area contributed by atoms with Crippen LogP contribution in [-0.2, 0) is 13.0 Å². The molecule has 0 aliphatic carbocycles. The molecule has 0 radical (unpaired) electrons. The van der Waals surface area contributed by atoms with Gasteiger partial charge in [0.25, 0.3) is 5.56 Å². The Hall–Kier alpha value is -2.75. The lowest BCUT2D eigenvalue weighted by Crippen LogP contribution is -2.27. The van der Waals surface area contributed by atoms with Crippen LogP contribution in [0.3, 0.4) is 0 Å². The molecule has 30 heavy (non-hydrogen) atoms. The Morgan fingerprint density at radius 3 is 2.57 bits per heavy atom. The van der Waals surface area contributed by atoms with Gasteiger partial charge >= 0.3 is 0 Å². The fourth-order valence-corrected chi connectivity index (χ4v) is 4.80. The lowest BCUT2D eigenvalue weighted by atomic mass is 10.1. The first-order valence-electron chi connectivity index (χ1n) is 9.74. The number of aryl methyl sites for hydroxylation is 3. The van der Waals surface area contributed by atoms with Crippen LogP contribution < -0.4 is 10.9 Å². The summed E-state index contributed by atoms with van der Waals surface area (Å²) in [6.45, 7) is 4.36. The van der Waals surface area contributed by atoms with Crippen molar-refractivity contribution in [2.24, 2.45) is 0 Å². The summed E-state index contributed by atoms with van der Waals surface area (Å²) in [6, 6.07) is 17.6. The van der Waals surface area contributed by atoms with Crippen LogP contribution >= 0.6 is 20.6 Å². The zero-order chi connectivity index (χ0) is 21.3. The Morgan fingerprint density at radius 1 is 1.10 bits per heavy atom. The number of benzene rings is 2. The Labute approximate surface area is 182 Å². The molecule has 0 fully saturated rings. The van der Waals surface area contributed by atoms with E-state index >= 15 is 0 Å². The van der Waals surface area contributed by atoms with Gasteiger partial charge in [-0.15, -0.1) is 20.6 Å². The number of nitrogens with zero attached hydrogens (tertiary/aromatic N) is 2. The molecule has 2 aromatic heterocycles. The third-order valence-corrected chi connectivity index (χ3v) is 6.63. The number of phenolic OH excluding ortho intramolecular Hbond substituents is 1. The quantitative estimate of drug-likeness (QED) is 0.463. The molecule has 152 valence electrons. The van der Waals surface area contributed by atoms with Crippen molar-refractivity contribution >= 4 is 25.9 Å². The summed E-state index contributed by atoms with van der Waals surface area (Å²) in [6.07, 6.45) is 0.697. The second-order valence-electron chi connectivity index (χ2n) is 7.32. The largest absolute Gasteiger partial charge is 0.507 e. The van der Waals surface area contributed by atoms with Crippen LogP contribution in [0.1, 0.15) is 16.8 Å². The molecule has 0 amide bonds. The van der Waals surface area contributed by atoms with Gasteiger partial charge in [-0.25, -0.2) is 4.98 Å². The van der Waals surface area contributed by atoms with E-state index in [0.717, 1.165) is 16.0 Å². The fraction of sp³-hybridized carbons (Fsp3) is 0.167. The monoisotopic (exact) mass is 434 g/mol. The highest BCUT2D eigenvalue weighted by Crippen LogP contribution is 2.31. The first-order chi connectivity index (χ1) is 14.5. The fourth-order valence-electron chi connectivity index (χ4n) is 3.55. The number of hydrogen-bond donors (Lipinski definition) is 1. The van der Waals surface area contributed by atoms with Gasteiger partial charge in [0.05, 0.1) is 16.8 Å². The van der Waals surface area contributed by atoms with E-state index in [1.807, 2.05) is 55.6 Å². The van der Waals surface area contributed by atoms with Crippen LogP contribution in [0.4, 0.5) is 0 Å². The van der Waals surface area contributed by atoms with E-state index in [9.17, 15) is 9.90 Å². The number of phenols is 1. The van der Waals surface area contributed by atoms with Crippen LogP contribution in [0.2, 0.25) is 0 Å². The Bertz CT molecular complexity index is 1260. The second-order valence-corrected chi connectivity index (χ2v) is 8.85. The molecule has 0 saturated heterocycles. The van der Waals surface area contributed by atoms with Gasteiger partial charge in [-0.3, -0.25) is 9.36 Å². The summed E-state index contributed by atoms with van der Waals surface area (Å²) >= 11 is 1.56. The maximum absolute atomic E-state index is 13.7. The van der Waals surface area contributed by atoms with Crippen molar-refractivity contribution in [1.29, 1.82) is 0 Å². The number of thiophene rings is 1. The molecule has 0 aliphatic rings. The average Bonchev–Trinajstić information content (AvgIpc) is 3.15. The van der Waals surface area contributed by atoms with Gasteiger partial charge in [-0.2, -0.15) is 0 Å². The van der Waals surface area contributed by atoms with Gasteiger partial charge < -0.3 is 5.11 Å². The minimum absolute atomic E-state index is 0.0798. The van der Waals surface area contributed by atoms with Gasteiger partial charge in [-0.1, -0.05) is 42.5 Å². The van der Waals surface area contributed by atoms with Crippen LogP contribution in [0.15, 0.2) is 64.8 Å². The summed E-state index contributed by atoms with van der Waals surface area (Å²) in [5.41, 5.74) is 4.05. The molecular formula is C24H23N2O2PS. The third-order valence-electron chi connectivity index (χ3n) is 5.10. The van der Waals surface area contributed by atoms with E-state index in [1.54, 1.807) is 22.0 Å². The van der Waals surface area contributed by atoms with Crippen molar-refractivity contribution in [3.05, 3.63) is 87.2 Å². The first kappa shape index (κ1) is 20.5.